The average Bonchev–Trinajstić information content (AvgIpc) is 3.02. The smallest absolute Gasteiger partial charge is 0.313 e. The Labute approximate surface area is 123 Å². The summed E-state index contributed by atoms with van der Waals surface area (Å²) in [6.45, 7) is 0.781. The minimum atomic E-state index is -0.845. The molecular formula is C11H13N3O2S3. The molecule has 5 nitrogen and oxygen atoms in total. The number of aliphatic carboxylic acids is 1. The van der Waals surface area contributed by atoms with Crippen LogP contribution in [-0.4, -0.2) is 43.6 Å². The monoisotopic (exact) mass is 315 g/mol. The topological polar surface area (TPSA) is 68.0 Å². The molecule has 19 heavy (non-hydrogen) atoms. The van der Waals surface area contributed by atoms with E-state index in [0.29, 0.717) is 5.16 Å². The Morgan fingerprint density at radius 2 is 2.37 bits per heavy atom. The van der Waals surface area contributed by atoms with Crippen LogP contribution in [0.5, 0.6) is 0 Å². The van der Waals surface area contributed by atoms with Crippen LogP contribution < -0.4 is 0 Å². The lowest BCUT2D eigenvalue weighted by molar-refractivity contribution is -0.133. The van der Waals surface area contributed by atoms with Crippen molar-refractivity contribution in [3.05, 3.63) is 17.5 Å². The van der Waals surface area contributed by atoms with Crippen LogP contribution in [0.4, 0.5) is 0 Å². The van der Waals surface area contributed by atoms with Gasteiger partial charge in [-0.15, -0.1) is 21.5 Å². The first-order valence-electron chi connectivity index (χ1n) is 5.53. The van der Waals surface area contributed by atoms with Gasteiger partial charge in [-0.05, 0) is 17.7 Å². The molecule has 0 aromatic carbocycles. The van der Waals surface area contributed by atoms with Crippen LogP contribution in [0, 0.1) is 0 Å². The molecule has 0 radical (unpaired) electrons. The van der Waals surface area contributed by atoms with Gasteiger partial charge in [0.25, 0.3) is 0 Å². The summed E-state index contributed by atoms with van der Waals surface area (Å²) >= 11 is 4.55. The molecule has 0 spiro atoms. The Balaban J connectivity index is 2.25. The Hall–Kier alpha value is -0.990. The third-order valence-electron chi connectivity index (χ3n) is 2.30. The highest BCUT2D eigenvalue weighted by Gasteiger charge is 2.15. The van der Waals surface area contributed by atoms with Crippen LogP contribution >= 0.6 is 34.9 Å². The van der Waals surface area contributed by atoms with Gasteiger partial charge in [-0.2, -0.15) is 11.8 Å². The summed E-state index contributed by atoms with van der Waals surface area (Å²) in [7, 11) is 0. The summed E-state index contributed by atoms with van der Waals surface area (Å²) in [5.74, 6) is 0.915. The number of rotatable bonds is 7. The summed E-state index contributed by atoms with van der Waals surface area (Å²) in [5, 5.41) is 19.7. The number of thioether (sulfide) groups is 2. The van der Waals surface area contributed by atoms with Crippen molar-refractivity contribution in [2.45, 2.75) is 11.7 Å². The number of thiophene rings is 1. The van der Waals surface area contributed by atoms with Gasteiger partial charge < -0.3 is 9.67 Å². The quantitative estimate of drug-likeness (QED) is 0.792. The van der Waals surface area contributed by atoms with Crippen molar-refractivity contribution in [2.75, 3.05) is 17.8 Å². The summed E-state index contributed by atoms with van der Waals surface area (Å²) in [6, 6.07) is 3.97. The predicted molar refractivity (Wildman–Crippen MR) is 80.1 cm³/mol. The van der Waals surface area contributed by atoms with E-state index in [1.54, 1.807) is 23.1 Å². The summed E-state index contributed by atoms with van der Waals surface area (Å²) in [4.78, 5) is 11.7. The first kappa shape index (κ1) is 14.4. The fourth-order valence-electron chi connectivity index (χ4n) is 1.49. The van der Waals surface area contributed by atoms with E-state index in [1.807, 2.05) is 28.3 Å². The SMILES string of the molecule is CSCCn1c(SCC(=O)O)nnc1-c1cccs1. The molecule has 0 amide bonds. The minimum absolute atomic E-state index is 0.00183. The van der Waals surface area contributed by atoms with Gasteiger partial charge in [-0.3, -0.25) is 4.79 Å². The van der Waals surface area contributed by atoms with E-state index in [2.05, 4.69) is 10.2 Å². The number of nitrogens with zero attached hydrogens (tertiary/aromatic N) is 3. The zero-order chi connectivity index (χ0) is 13.7. The summed E-state index contributed by atoms with van der Waals surface area (Å²) in [6.07, 6.45) is 2.04. The molecule has 0 fully saturated rings. The number of hydrogen-bond acceptors (Lipinski definition) is 6. The molecule has 2 aromatic rings. The lowest BCUT2D eigenvalue weighted by Gasteiger charge is -2.07. The molecule has 0 saturated heterocycles. The van der Waals surface area contributed by atoms with E-state index >= 15 is 0 Å². The second-order valence-electron chi connectivity index (χ2n) is 3.61. The van der Waals surface area contributed by atoms with Gasteiger partial charge >= 0.3 is 5.97 Å². The molecule has 2 aromatic heterocycles. The van der Waals surface area contributed by atoms with E-state index in [1.165, 1.54) is 11.8 Å². The zero-order valence-electron chi connectivity index (χ0n) is 10.3. The molecule has 0 aliphatic heterocycles. The van der Waals surface area contributed by atoms with Crippen LogP contribution in [0.15, 0.2) is 22.7 Å². The van der Waals surface area contributed by atoms with Crippen molar-refractivity contribution in [2.24, 2.45) is 0 Å². The Morgan fingerprint density at radius 1 is 1.53 bits per heavy atom. The molecule has 8 heteroatoms. The summed E-state index contributed by atoms with van der Waals surface area (Å²) in [5.41, 5.74) is 0. The number of carboxylic acid groups (broad SMARTS) is 1. The molecule has 1 N–H and O–H groups in total. The maximum Gasteiger partial charge on any atom is 0.313 e. The van der Waals surface area contributed by atoms with Crippen molar-refractivity contribution in [1.29, 1.82) is 0 Å². The van der Waals surface area contributed by atoms with E-state index in [9.17, 15) is 4.79 Å². The van der Waals surface area contributed by atoms with Gasteiger partial charge in [0.2, 0.25) is 0 Å². The summed E-state index contributed by atoms with van der Waals surface area (Å²) < 4.78 is 2.00. The highest BCUT2D eigenvalue weighted by atomic mass is 32.2. The highest BCUT2D eigenvalue weighted by molar-refractivity contribution is 7.99. The third-order valence-corrected chi connectivity index (χ3v) is 4.71. The van der Waals surface area contributed by atoms with Crippen molar-refractivity contribution in [3.8, 4) is 10.7 Å². The fraction of sp³-hybridized carbons (Fsp3) is 0.364. The predicted octanol–water partition coefficient (Wildman–Crippen LogP) is 2.55. The van der Waals surface area contributed by atoms with E-state index < -0.39 is 5.97 Å². The van der Waals surface area contributed by atoms with Crippen molar-refractivity contribution in [1.82, 2.24) is 14.8 Å². The van der Waals surface area contributed by atoms with Crippen molar-refractivity contribution >= 4 is 40.8 Å². The number of hydrogen-bond donors (Lipinski definition) is 1. The molecule has 0 saturated carbocycles. The van der Waals surface area contributed by atoms with E-state index in [4.69, 9.17) is 5.11 Å². The minimum Gasteiger partial charge on any atom is -0.481 e. The maximum absolute atomic E-state index is 10.7. The van der Waals surface area contributed by atoms with Crippen LogP contribution in [0.1, 0.15) is 0 Å². The normalized spacial score (nSPS) is 10.8. The fourth-order valence-corrected chi connectivity index (χ4v) is 3.26. The second kappa shape index (κ2) is 6.97. The number of carboxylic acids is 1. The van der Waals surface area contributed by atoms with Crippen LogP contribution in [0.2, 0.25) is 0 Å². The maximum atomic E-state index is 10.7. The lowest BCUT2D eigenvalue weighted by Crippen LogP contribution is -2.06. The molecule has 0 aliphatic carbocycles. The third kappa shape index (κ3) is 3.74. The average molecular weight is 315 g/mol. The Morgan fingerprint density at radius 3 is 3.00 bits per heavy atom. The van der Waals surface area contributed by atoms with Crippen LogP contribution in [0.25, 0.3) is 10.7 Å². The lowest BCUT2D eigenvalue weighted by atomic mass is 10.4. The second-order valence-corrected chi connectivity index (χ2v) is 6.49. The molecule has 0 atom stereocenters. The van der Waals surface area contributed by atoms with Crippen molar-refractivity contribution < 1.29 is 9.90 Å². The van der Waals surface area contributed by atoms with Gasteiger partial charge in [0.05, 0.1) is 10.6 Å². The van der Waals surface area contributed by atoms with E-state index in [0.717, 1.165) is 23.0 Å². The molecular weight excluding hydrogens is 302 g/mol. The van der Waals surface area contributed by atoms with E-state index in [-0.39, 0.29) is 5.75 Å². The molecule has 102 valence electrons. The first-order valence-corrected chi connectivity index (χ1v) is 8.79. The first-order chi connectivity index (χ1) is 9.22. The molecule has 0 unspecified atom stereocenters. The standard InChI is InChI=1S/C11H13N3O2S3/c1-17-6-4-14-10(8-3-2-5-18-8)12-13-11(14)19-7-9(15)16/h2-3,5H,4,6-7H2,1H3,(H,15,16). The van der Waals surface area contributed by atoms with Crippen LogP contribution in [-0.2, 0) is 11.3 Å². The largest absolute Gasteiger partial charge is 0.481 e. The van der Waals surface area contributed by atoms with Gasteiger partial charge in [-0.1, -0.05) is 17.8 Å². The van der Waals surface area contributed by atoms with Gasteiger partial charge in [0.15, 0.2) is 11.0 Å². The molecule has 0 bridgehead atoms. The molecule has 2 rings (SSSR count). The van der Waals surface area contributed by atoms with Crippen molar-refractivity contribution in [3.63, 3.8) is 0 Å². The Kier molecular flexibility index (Phi) is 5.29. The molecule has 2 heterocycles. The number of carbonyl (C=O) groups is 1. The highest BCUT2D eigenvalue weighted by Crippen LogP contribution is 2.27. The number of aromatic nitrogens is 3. The van der Waals surface area contributed by atoms with Gasteiger partial charge in [0.1, 0.15) is 0 Å². The Bertz CT molecular complexity index is 539. The van der Waals surface area contributed by atoms with Gasteiger partial charge in [-0.25, -0.2) is 0 Å². The molecule has 0 aliphatic rings. The zero-order valence-corrected chi connectivity index (χ0v) is 12.7. The van der Waals surface area contributed by atoms with Crippen LogP contribution in [0.3, 0.4) is 0 Å². The van der Waals surface area contributed by atoms with Gasteiger partial charge in [0, 0.05) is 12.3 Å².